The summed E-state index contributed by atoms with van der Waals surface area (Å²) in [5.41, 5.74) is 5.22. The predicted octanol–water partition coefficient (Wildman–Crippen LogP) is 4.83. The van der Waals surface area contributed by atoms with Gasteiger partial charge in [0.15, 0.2) is 5.69 Å². The van der Waals surface area contributed by atoms with E-state index < -0.39 is 5.82 Å². The number of fused-ring (bicyclic) bond motifs is 3. The average molecular weight is 307 g/mol. The molecule has 114 valence electrons. The first kappa shape index (κ1) is 12.8. The number of nitrogens with zero attached hydrogens (tertiary/aromatic N) is 1. The highest BCUT2D eigenvalue weighted by Crippen LogP contribution is 2.36. The molecule has 0 unspecified atom stereocenters. The third-order valence-corrected chi connectivity index (χ3v) is 4.47. The quantitative estimate of drug-likeness (QED) is 0.460. The van der Waals surface area contributed by atoms with Gasteiger partial charge in [-0.25, -0.2) is 4.39 Å². The maximum Gasteiger partial charge on any atom is 0.216 e. The fourth-order valence-electron chi connectivity index (χ4n) is 3.10. The lowest BCUT2D eigenvalue weighted by Crippen LogP contribution is -2.34. The molecule has 0 bridgehead atoms. The number of furan rings is 1. The number of halogens is 1. The van der Waals surface area contributed by atoms with Crippen LogP contribution in [0.25, 0.3) is 33.2 Å². The second-order valence-electron chi connectivity index (χ2n) is 5.90. The summed E-state index contributed by atoms with van der Waals surface area (Å²) < 4.78 is 29.8. The first-order valence-corrected chi connectivity index (χ1v) is 7.56. The maximum atomic E-state index is 13.7. The topological polar surface area (TPSA) is 17.0 Å². The molecule has 0 saturated heterocycles. The zero-order chi connectivity index (χ0) is 17.0. The van der Waals surface area contributed by atoms with Crippen molar-refractivity contribution in [3.05, 3.63) is 65.6 Å². The SMILES string of the molecule is [2H]c1c(F)ccc2c1oc1c(-c3cccc(C)[n+]3C)c(C)ccc12. The molecule has 0 aliphatic carbocycles. The fraction of sp³-hybridized carbons (Fsp3) is 0.150. The molecule has 2 aromatic carbocycles. The minimum Gasteiger partial charge on any atom is -0.455 e. The van der Waals surface area contributed by atoms with Crippen LogP contribution in [-0.2, 0) is 7.05 Å². The molecule has 2 heterocycles. The van der Waals surface area contributed by atoms with Gasteiger partial charge in [0, 0.05) is 35.9 Å². The van der Waals surface area contributed by atoms with Crippen molar-refractivity contribution in [3.63, 3.8) is 0 Å². The van der Waals surface area contributed by atoms with Gasteiger partial charge in [-0.05, 0) is 30.7 Å². The Bertz CT molecular complexity index is 1110. The molecule has 23 heavy (non-hydrogen) atoms. The van der Waals surface area contributed by atoms with E-state index in [1.807, 2.05) is 38.2 Å². The number of aryl methyl sites for hydroxylation is 2. The standard InChI is InChI=1S/C20H17FNO/c1-12-7-9-16-15-10-8-14(21)11-18(15)23-20(16)19(12)17-6-4-5-13(2)22(17)3/h4-11H,1-3H3/q+1/i11D. The molecule has 0 saturated carbocycles. The van der Waals surface area contributed by atoms with Crippen molar-refractivity contribution in [2.24, 2.45) is 7.05 Å². The molecule has 0 aliphatic heterocycles. The summed E-state index contributed by atoms with van der Waals surface area (Å²) in [6.45, 7) is 4.08. The molecule has 0 N–H and O–H groups in total. The summed E-state index contributed by atoms with van der Waals surface area (Å²) >= 11 is 0. The second kappa shape index (κ2) is 4.92. The molecule has 3 heteroatoms. The van der Waals surface area contributed by atoms with E-state index in [1.54, 1.807) is 6.07 Å². The number of hydrogen-bond acceptors (Lipinski definition) is 1. The molecule has 0 fully saturated rings. The Morgan fingerprint density at radius 2 is 1.83 bits per heavy atom. The largest absolute Gasteiger partial charge is 0.455 e. The fourth-order valence-corrected chi connectivity index (χ4v) is 3.10. The highest BCUT2D eigenvalue weighted by Gasteiger charge is 2.21. The lowest BCUT2D eigenvalue weighted by Gasteiger charge is -2.06. The van der Waals surface area contributed by atoms with E-state index in [0.717, 1.165) is 33.3 Å². The molecule has 4 aromatic rings. The molecule has 0 atom stereocenters. The van der Waals surface area contributed by atoms with Gasteiger partial charge in [0.2, 0.25) is 5.69 Å². The number of benzene rings is 2. The summed E-state index contributed by atoms with van der Waals surface area (Å²) in [5.74, 6) is -0.569. The Morgan fingerprint density at radius 1 is 1.04 bits per heavy atom. The summed E-state index contributed by atoms with van der Waals surface area (Å²) in [4.78, 5) is 0. The summed E-state index contributed by atoms with van der Waals surface area (Å²) in [5, 5.41) is 1.67. The van der Waals surface area contributed by atoms with E-state index in [9.17, 15) is 4.39 Å². The van der Waals surface area contributed by atoms with E-state index in [-0.39, 0.29) is 6.04 Å². The van der Waals surface area contributed by atoms with Crippen LogP contribution in [0.5, 0.6) is 0 Å². The number of rotatable bonds is 1. The minimum atomic E-state index is -0.569. The Kier molecular flexibility index (Phi) is 2.74. The third kappa shape index (κ3) is 2.04. The van der Waals surface area contributed by atoms with Crippen molar-refractivity contribution in [2.75, 3.05) is 0 Å². The molecule has 0 amide bonds. The summed E-state index contributed by atoms with van der Waals surface area (Å²) in [6.07, 6.45) is 0. The third-order valence-electron chi connectivity index (χ3n) is 4.47. The second-order valence-corrected chi connectivity index (χ2v) is 5.90. The van der Waals surface area contributed by atoms with Gasteiger partial charge < -0.3 is 4.42 Å². The van der Waals surface area contributed by atoms with E-state index >= 15 is 0 Å². The van der Waals surface area contributed by atoms with Crippen molar-refractivity contribution in [3.8, 4) is 11.3 Å². The molecule has 4 rings (SSSR count). The number of aromatic nitrogens is 1. The van der Waals surface area contributed by atoms with Crippen LogP contribution in [0.4, 0.5) is 4.39 Å². The van der Waals surface area contributed by atoms with E-state index in [2.05, 4.69) is 17.6 Å². The summed E-state index contributed by atoms with van der Waals surface area (Å²) in [6, 6.07) is 13.0. The maximum absolute atomic E-state index is 13.7. The van der Waals surface area contributed by atoms with Gasteiger partial charge in [-0.3, -0.25) is 0 Å². The van der Waals surface area contributed by atoms with Crippen molar-refractivity contribution >= 4 is 21.9 Å². The van der Waals surface area contributed by atoms with Crippen LogP contribution in [-0.4, -0.2) is 0 Å². The van der Waals surface area contributed by atoms with Crippen LogP contribution in [0.15, 0.2) is 52.9 Å². The first-order chi connectivity index (χ1) is 11.5. The van der Waals surface area contributed by atoms with Gasteiger partial charge in [0.1, 0.15) is 24.0 Å². The number of hydrogen-bond donors (Lipinski definition) is 0. The van der Waals surface area contributed by atoms with Gasteiger partial charge in [0.25, 0.3) is 0 Å². The normalized spacial score (nSPS) is 12.1. The minimum absolute atomic E-state index is 0.194. The van der Waals surface area contributed by atoms with Gasteiger partial charge in [-0.1, -0.05) is 12.1 Å². The van der Waals surface area contributed by atoms with Crippen LogP contribution in [0.1, 0.15) is 12.6 Å². The van der Waals surface area contributed by atoms with Crippen molar-refractivity contribution < 1.29 is 14.7 Å². The number of pyridine rings is 1. The van der Waals surface area contributed by atoms with Crippen molar-refractivity contribution in [1.82, 2.24) is 0 Å². The van der Waals surface area contributed by atoms with Crippen molar-refractivity contribution in [1.29, 1.82) is 0 Å². The predicted molar refractivity (Wildman–Crippen MR) is 89.8 cm³/mol. The highest BCUT2D eigenvalue weighted by molar-refractivity contribution is 6.09. The van der Waals surface area contributed by atoms with E-state index in [4.69, 9.17) is 5.79 Å². The molecule has 2 nitrogen and oxygen atoms in total. The Morgan fingerprint density at radius 3 is 2.65 bits per heavy atom. The van der Waals surface area contributed by atoms with Crippen LogP contribution >= 0.6 is 0 Å². The van der Waals surface area contributed by atoms with Crippen LogP contribution < -0.4 is 4.57 Å². The monoisotopic (exact) mass is 307 g/mol. The van der Waals surface area contributed by atoms with Gasteiger partial charge in [0.05, 0.1) is 6.93 Å². The van der Waals surface area contributed by atoms with Gasteiger partial charge in [-0.2, -0.15) is 4.57 Å². The van der Waals surface area contributed by atoms with Crippen LogP contribution in [0.3, 0.4) is 0 Å². The summed E-state index contributed by atoms with van der Waals surface area (Å²) in [7, 11) is 2.02. The Labute approximate surface area is 135 Å². The molecule has 0 spiro atoms. The zero-order valence-corrected chi connectivity index (χ0v) is 13.3. The Balaban J connectivity index is 2.18. The van der Waals surface area contributed by atoms with E-state index in [1.165, 1.54) is 6.07 Å². The molecular formula is C20H17FNO+. The average Bonchev–Trinajstić information content (AvgIpc) is 2.93. The molecule has 0 radical (unpaired) electrons. The molecule has 0 aliphatic rings. The lowest BCUT2D eigenvalue weighted by molar-refractivity contribution is -0.666. The Hall–Kier alpha value is -2.68. The molecule has 2 aromatic heterocycles. The van der Waals surface area contributed by atoms with Gasteiger partial charge >= 0.3 is 0 Å². The lowest BCUT2D eigenvalue weighted by atomic mass is 10.0. The first-order valence-electron chi connectivity index (χ1n) is 8.06. The smallest absolute Gasteiger partial charge is 0.216 e. The highest BCUT2D eigenvalue weighted by atomic mass is 19.1. The molecular weight excluding hydrogens is 289 g/mol. The zero-order valence-electron chi connectivity index (χ0n) is 14.3. The van der Waals surface area contributed by atoms with Crippen molar-refractivity contribution in [2.45, 2.75) is 13.8 Å². The van der Waals surface area contributed by atoms with E-state index in [0.29, 0.717) is 11.2 Å². The van der Waals surface area contributed by atoms with Crippen LogP contribution in [0, 0.1) is 19.7 Å². The van der Waals surface area contributed by atoms with Gasteiger partial charge in [-0.15, -0.1) is 0 Å². The van der Waals surface area contributed by atoms with Crippen LogP contribution in [0.2, 0.25) is 0 Å².